The Morgan fingerprint density at radius 2 is 2.07 bits per heavy atom. The molecule has 1 N–H and O–H groups in total. The van der Waals surface area contributed by atoms with Crippen LogP contribution in [-0.2, 0) is 24.3 Å². The van der Waals surface area contributed by atoms with E-state index in [-0.39, 0.29) is 41.5 Å². The normalized spacial score (nSPS) is 19.3. The highest BCUT2D eigenvalue weighted by Crippen LogP contribution is 2.24. The lowest BCUT2D eigenvalue weighted by molar-refractivity contribution is -0.145. The summed E-state index contributed by atoms with van der Waals surface area (Å²) in [7, 11) is 0. The van der Waals surface area contributed by atoms with Gasteiger partial charge in [-0.3, -0.25) is 4.79 Å². The Morgan fingerprint density at radius 1 is 1.33 bits per heavy atom. The number of halogens is 1. The molecule has 8 nitrogen and oxygen atoms in total. The molecule has 0 aliphatic carbocycles. The van der Waals surface area contributed by atoms with Crippen LogP contribution in [0.15, 0.2) is 4.99 Å². The van der Waals surface area contributed by atoms with E-state index in [2.05, 4.69) is 52.7 Å². The van der Waals surface area contributed by atoms with Crippen molar-refractivity contribution in [2.75, 3.05) is 19.6 Å². The molecule has 1 saturated heterocycles. The molecule has 3 heterocycles. The number of aromatic nitrogens is 3. The number of carbonyl (C=O) groups excluding carboxylic acids is 1. The Labute approximate surface area is 178 Å². The highest BCUT2D eigenvalue weighted by molar-refractivity contribution is 14.0. The van der Waals surface area contributed by atoms with E-state index in [0.29, 0.717) is 13.1 Å². The Balaban J connectivity index is 0.00000261. The van der Waals surface area contributed by atoms with Gasteiger partial charge in [0.05, 0.1) is 12.1 Å². The molecule has 2 aliphatic heterocycles. The Hall–Kier alpha value is -1.39. The summed E-state index contributed by atoms with van der Waals surface area (Å²) in [5.74, 6) is 2.87. The first kappa shape index (κ1) is 21.9. The first-order valence-electron chi connectivity index (χ1n) is 9.60. The smallest absolute Gasteiger partial charge is 0.242 e. The van der Waals surface area contributed by atoms with Crippen molar-refractivity contribution in [3.8, 4) is 0 Å². The van der Waals surface area contributed by atoms with Gasteiger partial charge in [0.2, 0.25) is 5.91 Å². The lowest BCUT2D eigenvalue weighted by Crippen LogP contribution is -2.66. The molecule has 3 rings (SSSR count). The fraction of sp³-hybridized carbons (Fsp3) is 0.778. The van der Waals surface area contributed by atoms with Crippen LogP contribution in [0.4, 0.5) is 0 Å². The minimum absolute atomic E-state index is 0. The zero-order valence-electron chi connectivity index (χ0n) is 17.0. The van der Waals surface area contributed by atoms with Gasteiger partial charge in [-0.05, 0) is 41.0 Å². The van der Waals surface area contributed by atoms with Gasteiger partial charge in [0, 0.05) is 32.1 Å². The van der Waals surface area contributed by atoms with Gasteiger partial charge in [0.1, 0.15) is 12.4 Å². The minimum Gasteiger partial charge on any atom is -0.356 e. The summed E-state index contributed by atoms with van der Waals surface area (Å²) in [5.41, 5.74) is -0.240. The predicted octanol–water partition coefficient (Wildman–Crippen LogP) is 1.64. The minimum atomic E-state index is -0.240. The molecule has 1 aromatic heterocycles. The second-order valence-corrected chi connectivity index (χ2v) is 7.98. The number of hydrogen-bond acceptors (Lipinski definition) is 4. The molecule has 0 radical (unpaired) electrons. The monoisotopic (exact) mass is 489 g/mol. The molecule has 0 bridgehead atoms. The van der Waals surface area contributed by atoms with E-state index in [4.69, 9.17) is 4.99 Å². The van der Waals surface area contributed by atoms with Crippen LogP contribution in [0.5, 0.6) is 0 Å². The zero-order valence-corrected chi connectivity index (χ0v) is 19.4. The molecule has 2 aliphatic rings. The maximum atomic E-state index is 12.7. The predicted molar refractivity (Wildman–Crippen MR) is 116 cm³/mol. The number of fused-ring (bicyclic) bond motifs is 1. The number of guanidine groups is 1. The third kappa shape index (κ3) is 4.55. The lowest BCUT2D eigenvalue weighted by Gasteiger charge is -2.49. The van der Waals surface area contributed by atoms with Gasteiger partial charge >= 0.3 is 0 Å². The maximum absolute atomic E-state index is 12.7. The number of rotatable bonds is 4. The number of amides is 1. The van der Waals surface area contributed by atoms with E-state index in [1.807, 2.05) is 11.8 Å². The fourth-order valence-electron chi connectivity index (χ4n) is 4.21. The molecule has 1 amide bonds. The molecule has 0 atom stereocenters. The van der Waals surface area contributed by atoms with Gasteiger partial charge in [0.25, 0.3) is 0 Å². The fourth-order valence-corrected chi connectivity index (χ4v) is 4.21. The van der Waals surface area contributed by atoms with Crippen LogP contribution in [0.2, 0.25) is 0 Å². The van der Waals surface area contributed by atoms with Gasteiger partial charge in [0.15, 0.2) is 11.8 Å². The van der Waals surface area contributed by atoms with Crippen molar-refractivity contribution in [1.82, 2.24) is 29.9 Å². The molecule has 152 valence electrons. The first-order chi connectivity index (χ1) is 12.3. The van der Waals surface area contributed by atoms with Crippen molar-refractivity contribution in [2.45, 2.75) is 72.1 Å². The summed E-state index contributed by atoms with van der Waals surface area (Å²) in [4.78, 5) is 21.5. The average Bonchev–Trinajstić information content (AvgIpc) is 3.13. The Kier molecular flexibility index (Phi) is 7.09. The van der Waals surface area contributed by atoms with Crippen molar-refractivity contribution in [3.63, 3.8) is 0 Å². The Bertz CT molecular complexity index is 698. The van der Waals surface area contributed by atoms with Crippen molar-refractivity contribution in [1.29, 1.82) is 0 Å². The van der Waals surface area contributed by atoms with Crippen molar-refractivity contribution < 1.29 is 4.79 Å². The molecule has 27 heavy (non-hydrogen) atoms. The number of carbonyl (C=O) groups is 1. The molecule has 9 heteroatoms. The molecule has 0 spiro atoms. The van der Waals surface area contributed by atoms with E-state index in [0.717, 1.165) is 50.1 Å². The summed E-state index contributed by atoms with van der Waals surface area (Å²) in [6.45, 7) is 13.7. The number of nitrogens with one attached hydrogen (secondary N) is 1. The van der Waals surface area contributed by atoms with E-state index in [9.17, 15) is 4.79 Å². The second kappa shape index (κ2) is 8.74. The van der Waals surface area contributed by atoms with Crippen LogP contribution in [0.1, 0.15) is 52.7 Å². The highest BCUT2D eigenvalue weighted by atomic mass is 127. The molecule has 1 fully saturated rings. The van der Waals surface area contributed by atoms with E-state index >= 15 is 0 Å². The van der Waals surface area contributed by atoms with E-state index in [1.165, 1.54) is 0 Å². The van der Waals surface area contributed by atoms with Crippen LogP contribution in [0.3, 0.4) is 0 Å². The second-order valence-electron chi connectivity index (χ2n) is 7.98. The van der Waals surface area contributed by atoms with Gasteiger partial charge < -0.3 is 19.7 Å². The molecule has 0 saturated carbocycles. The highest BCUT2D eigenvalue weighted by Gasteiger charge is 2.40. The number of piperazine rings is 1. The van der Waals surface area contributed by atoms with Crippen LogP contribution in [-0.4, -0.2) is 67.6 Å². The number of hydrogen-bond donors (Lipinski definition) is 1. The Morgan fingerprint density at radius 3 is 2.70 bits per heavy atom. The largest absolute Gasteiger partial charge is 0.356 e. The first-order valence-corrected chi connectivity index (χ1v) is 9.60. The summed E-state index contributed by atoms with van der Waals surface area (Å²) in [6, 6.07) is 0.192. The van der Waals surface area contributed by atoms with Crippen LogP contribution >= 0.6 is 24.0 Å². The third-order valence-corrected chi connectivity index (χ3v) is 5.03. The maximum Gasteiger partial charge on any atom is 0.242 e. The van der Waals surface area contributed by atoms with Crippen molar-refractivity contribution in [2.24, 2.45) is 4.99 Å². The molecular weight excluding hydrogens is 457 g/mol. The quantitative estimate of drug-likeness (QED) is 0.396. The topological polar surface area (TPSA) is 78.6 Å². The summed E-state index contributed by atoms with van der Waals surface area (Å²) in [5, 5.41) is 11.9. The number of aliphatic imine (C=N–C) groups is 1. The van der Waals surface area contributed by atoms with Gasteiger partial charge in [-0.15, -0.1) is 34.2 Å². The van der Waals surface area contributed by atoms with E-state index < -0.39 is 0 Å². The van der Waals surface area contributed by atoms with Crippen molar-refractivity contribution in [3.05, 3.63) is 11.6 Å². The van der Waals surface area contributed by atoms with Crippen LogP contribution in [0.25, 0.3) is 0 Å². The molecule has 0 aromatic carbocycles. The summed E-state index contributed by atoms with van der Waals surface area (Å²) >= 11 is 0. The number of aryl methyl sites for hydroxylation is 1. The molecule has 0 unspecified atom stereocenters. The average molecular weight is 489 g/mol. The van der Waals surface area contributed by atoms with Crippen LogP contribution in [0, 0.1) is 0 Å². The molecule has 1 aromatic rings. The zero-order chi connectivity index (χ0) is 18.9. The van der Waals surface area contributed by atoms with Gasteiger partial charge in [-0.1, -0.05) is 0 Å². The number of nitrogens with zero attached hydrogens (tertiary/aromatic N) is 6. The third-order valence-electron chi connectivity index (χ3n) is 5.03. The standard InChI is InChI=1S/C18H31N7O.HI/c1-6-19-17(20-10-15-22-21-14-8-7-9-24(14)15)23-11-16(26)25(13(2)3)18(4,5)12-23;/h13H,6-12H2,1-5H3,(H,19,20);1H. The van der Waals surface area contributed by atoms with Gasteiger partial charge in [-0.2, -0.15) is 0 Å². The van der Waals surface area contributed by atoms with Crippen molar-refractivity contribution >= 4 is 35.8 Å². The lowest BCUT2D eigenvalue weighted by atomic mass is 9.96. The van der Waals surface area contributed by atoms with E-state index in [1.54, 1.807) is 0 Å². The summed E-state index contributed by atoms with van der Waals surface area (Å²) < 4.78 is 2.17. The summed E-state index contributed by atoms with van der Waals surface area (Å²) in [6.07, 6.45) is 2.12. The molecular formula is C18H32IN7O. The van der Waals surface area contributed by atoms with Gasteiger partial charge in [-0.25, -0.2) is 4.99 Å². The van der Waals surface area contributed by atoms with Crippen LogP contribution < -0.4 is 5.32 Å². The SMILES string of the molecule is CCNC(=NCc1nnc2n1CCC2)N1CC(=O)N(C(C)C)C(C)(C)C1.I.